The van der Waals surface area contributed by atoms with Crippen LogP contribution in [0.2, 0.25) is 0 Å². The van der Waals surface area contributed by atoms with E-state index in [1.165, 1.54) is 5.56 Å². The Hall–Kier alpha value is -1.39. The van der Waals surface area contributed by atoms with E-state index >= 15 is 0 Å². The second kappa shape index (κ2) is 6.86. The molecule has 1 heterocycles. The highest BCUT2D eigenvalue weighted by Crippen LogP contribution is 2.25. The van der Waals surface area contributed by atoms with Crippen molar-refractivity contribution in [1.29, 1.82) is 0 Å². The van der Waals surface area contributed by atoms with Gasteiger partial charge in [0, 0.05) is 12.6 Å². The van der Waals surface area contributed by atoms with Crippen LogP contribution in [0.15, 0.2) is 24.3 Å². The third-order valence-electron chi connectivity index (χ3n) is 3.95. The molecule has 2 atom stereocenters. The number of carbonyl (C=O) groups is 1. The van der Waals surface area contributed by atoms with E-state index in [2.05, 4.69) is 38.1 Å². The number of aryl methyl sites for hydroxylation is 1. The minimum atomic E-state index is -0.806. The molecular weight excluding hydrogens is 254 g/mol. The van der Waals surface area contributed by atoms with Gasteiger partial charge in [0.2, 0.25) is 0 Å². The molecule has 2 rings (SSSR count). The summed E-state index contributed by atoms with van der Waals surface area (Å²) < 4.78 is 5.29. The molecule has 1 N–H and O–H groups in total. The minimum absolute atomic E-state index is 0.0932. The van der Waals surface area contributed by atoms with E-state index < -0.39 is 12.0 Å². The molecule has 0 spiro atoms. The number of aliphatic carboxylic acids is 1. The summed E-state index contributed by atoms with van der Waals surface area (Å²) in [6.07, 6.45) is 2.23. The Balaban J connectivity index is 2.12. The summed E-state index contributed by atoms with van der Waals surface area (Å²) in [6, 6.07) is 8.07. The van der Waals surface area contributed by atoms with E-state index in [-0.39, 0.29) is 12.6 Å². The molecule has 0 bridgehead atoms. The largest absolute Gasteiger partial charge is 0.480 e. The van der Waals surface area contributed by atoms with Crippen LogP contribution < -0.4 is 0 Å². The van der Waals surface area contributed by atoms with E-state index in [1.54, 1.807) is 0 Å². The van der Waals surface area contributed by atoms with Crippen molar-refractivity contribution in [3.63, 3.8) is 0 Å². The Morgan fingerprint density at radius 1 is 1.45 bits per heavy atom. The van der Waals surface area contributed by atoms with Gasteiger partial charge in [0.15, 0.2) is 0 Å². The van der Waals surface area contributed by atoms with Crippen molar-refractivity contribution < 1.29 is 14.6 Å². The van der Waals surface area contributed by atoms with Crippen molar-refractivity contribution in [2.24, 2.45) is 0 Å². The van der Waals surface area contributed by atoms with E-state index in [9.17, 15) is 9.90 Å². The fourth-order valence-electron chi connectivity index (χ4n) is 2.74. The molecule has 0 amide bonds. The van der Waals surface area contributed by atoms with Crippen molar-refractivity contribution in [1.82, 2.24) is 4.90 Å². The Bertz CT molecular complexity index is 444. The van der Waals surface area contributed by atoms with Crippen LogP contribution in [0.5, 0.6) is 0 Å². The zero-order chi connectivity index (χ0) is 14.5. The smallest absolute Gasteiger partial charge is 0.323 e. The number of hydrogen-bond donors (Lipinski definition) is 1. The van der Waals surface area contributed by atoms with Crippen LogP contribution in [0.25, 0.3) is 0 Å². The van der Waals surface area contributed by atoms with Crippen molar-refractivity contribution in [3.8, 4) is 0 Å². The molecule has 0 aliphatic carbocycles. The number of nitrogens with zero attached hydrogens (tertiary/aromatic N) is 1. The molecule has 0 saturated carbocycles. The number of carboxylic acid groups (broad SMARTS) is 1. The van der Waals surface area contributed by atoms with Crippen molar-refractivity contribution in [3.05, 3.63) is 35.4 Å². The molecule has 1 fully saturated rings. The van der Waals surface area contributed by atoms with Crippen molar-refractivity contribution >= 4 is 5.97 Å². The molecule has 1 aromatic carbocycles. The van der Waals surface area contributed by atoms with Gasteiger partial charge in [-0.15, -0.1) is 0 Å². The summed E-state index contributed by atoms with van der Waals surface area (Å²) in [6.45, 7) is 5.77. The van der Waals surface area contributed by atoms with E-state index in [0.29, 0.717) is 13.2 Å². The molecule has 1 aliphatic heterocycles. The molecule has 1 saturated heterocycles. The Morgan fingerprint density at radius 2 is 2.15 bits per heavy atom. The van der Waals surface area contributed by atoms with Gasteiger partial charge in [-0.2, -0.15) is 0 Å². The van der Waals surface area contributed by atoms with Gasteiger partial charge < -0.3 is 9.84 Å². The zero-order valence-electron chi connectivity index (χ0n) is 12.2. The average molecular weight is 277 g/mol. The molecule has 110 valence electrons. The molecule has 4 nitrogen and oxygen atoms in total. The molecule has 2 unspecified atom stereocenters. The lowest BCUT2D eigenvalue weighted by Crippen LogP contribution is -2.50. The minimum Gasteiger partial charge on any atom is -0.480 e. The maximum Gasteiger partial charge on any atom is 0.323 e. The van der Waals surface area contributed by atoms with Crippen LogP contribution >= 0.6 is 0 Å². The van der Waals surface area contributed by atoms with Crippen LogP contribution in [-0.2, 0) is 16.0 Å². The summed E-state index contributed by atoms with van der Waals surface area (Å²) in [7, 11) is 0. The van der Waals surface area contributed by atoms with Crippen LogP contribution in [0.4, 0.5) is 0 Å². The van der Waals surface area contributed by atoms with Crippen LogP contribution in [-0.4, -0.2) is 41.8 Å². The molecule has 4 heteroatoms. The van der Waals surface area contributed by atoms with Gasteiger partial charge in [-0.25, -0.2) is 0 Å². The van der Waals surface area contributed by atoms with Crippen LogP contribution in [0.1, 0.15) is 37.4 Å². The summed E-state index contributed by atoms with van der Waals surface area (Å²) in [5.41, 5.74) is 2.50. The summed E-state index contributed by atoms with van der Waals surface area (Å²) >= 11 is 0. The van der Waals surface area contributed by atoms with Gasteiger partial charge in [-0.3, -0.25) is 9.69 Å². The topological polar surface area (TPSA) is 49.8 Å². The van der Waals surface area contributed by atoms with Gasteiger partial charge in [-0.1, -0.05) is 37.6 Å². The van der Waals surface area contributed by atoms with Gasteiger partial charge in [0.1, 0.15) is 6.04 Å². The maximum absolute atomic E-state index is 11.3. The fourth-order valence-corrected chi connectivity index (χ4v) is 2.74. The second-order valence-electron chi connectivity index (χ2n) is 5.33. The Morgan fingerprint density at radius 3 is 2.75 bits per heavy atom. The van der Waals surface area contributed by atoms with Crippen molar-refractivity contribution in [2.75, 3.05) is 19.8 Å². The highest BCUT2D eigenvalue weighted by Gasteiger charge is 2.32. The first-order valence-electron chi connectivity index (χ1n) is 7.28. The summed E-state index contributed by atoms with van der Waals surface area (Å²) in [5.74, 6) is -0.806. The lowest BCUT2D eigenvalue weighted by Gasteiger charge is -2.37. The molecule has 1 aromatic rings. The monoisotopic (exact) mass is 277 g/mol. The molecule has 20 heavy (non-hydrogen) atoms. The zero-order valence-corrected chi connectivity index (χ0v) is 12.2. The van der Waals surface area contributed by atoms with Gasteiger partial charge in [0.25, 0.3) is 0 Å². The molecule has 0 radical (unpaired) electrons. The first kappa shape index (κ1) is 15.0. The molecule has 1 aliphatic rings. The predicted molar refractivity (Wildman–Crippen MR) is 77.8 cm³/mol. The quantitative estimate of drug-likeness (QED) is 0.898. The van der Waals surface area contributed by atoms with Gasteiger partial charge >= 0.3 is 5.97 Å². The van der Waals surface area contributed by atoms with E-state index in [1.807, 2.05) is 4.90 Å². The highest BCUT2D eigenvalue weighted by molar-refractivity contribution is 5.73. The van der Waals surface area contributed by atoms with Crippen LogP contribution in [0, 0.1) is 0 Å². The SMILES string of the molecule is CCCc1ccc(C(C)N2CCOCC2C(=O)O)cc1. The first-order valence-corrected chi connectivity index (χ1v) is 7.28. The number of rotatable bonds is 5. The number of carboxylic acids is 1. The Labute approximate surface area is 120 Å². The molecule has 0 aromatic heterocycles. The van der Waals surface area contributed by atoms with Gasteiger partial charge in [-0.05, 0) is 24.5 Å². The number of hydrogen-bond acceptors (Lipinski definition) is 3. The summed E-state index contributed by atoms with van der Waals surface area (Å²) in [5, 5.41) is 9.30. The average Bonchev–Trinajstić information content (AvgIpc) is 2.47. The third-order valence-corrected chi connectivity index (χ3v) is 3.95. The van der Waals surface area contributed by atoms with Crippen LogP contribution in [0.3, 0.4) is 0 Å². The maximum atomic E-state index is 11.3. The Kier molecular flexibility index (Phi) is 5.15. The van der Waals surface area contributed by atoms with E-state index in [0.717, 1.165) is 18.4 Å². The summed E-state index contributed by atoms with van der Waals surface area (Å²) in [4.78, 5) is 13.3. The predicted octanol–water partition coefficient (Wildman–Crippen LogP) is 2.49. The number of ether oxygens (including phenoxy) is 1. The lowest BCUT2D eigenvalue weighted by molar-refractivity contribution is -0.151. The normalized spacial score (nSPS) is 21.6. The second-order valence-corrected chi connectivity index (χ2v) is 5.33. The molecular formula is C16H23NO3. The standard InChI is InChI=1S/C16H23NO3/c1-3-4-13-5-7-14(8-6-13)12(2)17-9-10-20-11-15(17)16(18)19/h5-8,12,15H,3-4,9-11H2,1-2H3,(H,18,19). The fraction of sp³-hybridized carbons (Fsp3) is 0.562. The number of morpholine rings is 1. The highest BCUT2D eigenvalue weighted by atomic mass is 16.5. The number of benzene rings is 1. The van der Waals surface area contributed by atoms with E-state index in [4.69, 9.17) is 4.74 Å². The van der Waals surface area contributed by atoms with Gasteiger partial charge in [0.05, 0.1) is 13.2 Å². The van der Waals surface area contributed by atoms with Crippen molar-refractivity contribution in [2.45, 2.75) is 38.8 Å². The lowest BCUT2D eigenvalue weighted by atomic mass is 10.0. The first-order chi connectivity index (χ1) is 9.63. The third kappa shape index (κ3) is 3.38.